The quantitative estimate of drug-likeness (QED) is 0.819. The number of aromatic amines is 1. The SMILES string of the molecule is CCCOC(=O)c1cc(C(F)(F)F)c(=O)[nH]c1NC1CCC1. The van der Waals surface area contributed by atoms with Gasteiger partial charge in [-0.3, -0.25) is 4.79 Å². The highest BCUT2D eigenvalue weighted by Crippen LogP contribution is 2.30. The van der Waals surface area contributed by atoms with Gasteiger partial charge in [0.25, 0.3) is 5.56 Å². The molecule has 122 valence electrons. The Bertz CT molecular complexity index is 606. The lowest BCUT2D eigenvalue weighted by molar-refractivity contribution is -0.138. The van der Waals surface area contributed by atoms with Crippen molar-refractivity contribution in [2.75, 3.05) is 11.9 Å². The molecule has 1 heterocycles. The van der Waals surface area contributed by atoms with Gasteiger partial charge in [0.15, 0.2) is 0 Å². The second-order valence-electron chi connectivity index (χ2n) is 5.21. The molecule has 1 aromatic rings. The van der Waals surface area contributed by atoms with Crippen molar-refractivity contribution in [1.82, 2.24) is 4.98 Å². The zero-order valence-corrected chi connectivity index (χ0v) is 12.0. The van der Waals surface area contributed by atoms with Gasteiger partial charge in [0.2, 0.25) is 0 Å². The number of ether oxygens (including phenoxy) is 1. The molecule has 2 rings (SSSR count). The standard InChI is InChI=1S/C14H17F3N2O3/c1-2-6-22-13(21)9-7-10(14(15,16)17)12(20)19-11(9)18-8-4-3-5-8/h7-8H,2-6H2,1H3,(H2,18,19,20). The molecule has 1 aliphatic rings. The number of alkyl halides is 3. The Labute approximate surface area is 124 Å². The number of esters is 1. The van der Waals surface area contributed by atoms with E-state index in [0.717, 1.165) is 19.3 Å². The van der Waals surface area contributed by atoms with Crippen LogP contribution in [0, 0.1) is 0 Å². The van der Waals surface area contributed by atoms with Crippen LogP contribution in [-0.4, -0.2) is 23.6 Å². The fraction of sp³-hybridized carbons (Fsp3) is 0.571. The molecule has 0 spiro atoms. The lowest BCUT2D eigenvalue weighted by atomic mass is 9.93. The molecule has 0 aromatic carbocycles. The van der Waals surface area contributed by atoms with Crippen molar-refractivity contribution in [2.45, 2.75) is 44.8 Å². The molecule has 1 fully saturated rings. The first-order chi connectivity index (χ1) is 10.3. The Balaban J connectivity index is 2.39. The molecule has 0 saturated heterocycles. The average molecular weight is 318 g/mol. The summed E-state index contributed by atoms with van der Waals surface area (Å²) in [5.41, 5.74) is -2.98. The maximum atomic E-state index is 12.8. The highest BCUT2D eigenvalue weighted by Gasteiger charge is 2.36. The van der Waals surface area contributed by atoms with Crippen LogP contribution in [0.3, 0.4) is 0 Å². The topological polar surface area (TPSA) is 71.2 Å². The minimum Gasteiger partial charge on any atom is -0.462 e. The van der Waals surface area contributed by atoms with E-state index in [4.69, 9.17) is 4.74 Å². The largest absolute Gasteiger partial charge is 0.462 e. The maximum Gasteiger partial charge on any atom is 0.421 e. The van der Waals surface area contributed by atoms with Gasteiger partial charge in [0.05, 0.1) is 6.61 Å². The van der Waals surface area contributed by atoms with Gasteiger partial charge in [-0.05, 0) is 31.7 Å². The highest BCUT2D eigenvalue weighted by atomic mass is 19.4. The summed E-state index contributed by atoms with van der Waals surface area (Å²) < 4.78 is 43.4. The van der Waals surface area contributed by atoms with Crippen LogP contribution in [0.15, 0.2) is 10.9 Å². The zero-order valence-electron chi connectivity index (χ0n) is 12.0. The number of carbonyl (C=O) groups is 1. The molecule has 0 radical (unpaired) electrons. The van der Waals surface area contributed by atoms with E-state index >= 15 is 0 Å². The van der Waals surface area contributed by atoms with Crippen molar-refractivity contribution in [3.8, 4) is 0 Å². The Morgan fingerprint density at radius 2 is 2.14 bits per heavy atom. The predicted octanol–water partition coefficient (Wildman–Crippen LogP) is 2.92. The first-order valence-corrected chi connectivity index (χ1v) is 7.11. The van der Waals surface area contributed by atoms with E-state index in [-0.39, 0.29) is 24.0 Å². The summed E-state index contributed by atoms with van der Waals surface area (Å²) in [5, 5.41) is 2.90. The van der Waals surface area contributed by atoms with Gasteiger partial charge in [0.1, 0.15) is 16.9 Å². The molecule has 0 unspecified atom stereocenters. The van der Waals surface area contributed by atoms with Crippen LogP contribution in [0.1, 0.15) is 48.5 Å². The van der Waals surface area contributed by atoms with Crippen LogP contribution in [0.25, 0.3) is 0 Å². The van der Waals surface area contributed by atoms with Crippen molar-refractivity contribution in [3.05, 3.63) is 27.5 Å². The van der Waals surface area contributed by atoms with Crippen molar-refractivity contribution in [3.63, 3.8) is 0 Å². The summed E-state index contributed by atoms with van der Waals surface area (Å²) >= 11 is 0. The number of aromatic nitrogens is 1. The van der Waals surface area contributed by atoms with E-state index in [1.165, 1.54) is 0 Å². The summed E-state index contributed by atoms with van der Waals surface area (Å²) in [4.78, 5) is 25.7. The molecule has 8 heteroatoms. The Morgan fingerprint density at radius 3 is 2.64 bits per heavy atom. The number of anilines is 1. The zero-order chi connectivity index (χ0) is 16.3. The van der Waals surface area contributed by atoms with Gasteiger partial charge in [-0.1, -0.05) is 6.92 Å². The molecule has 1 aromatic heterocycles. The molecule has 0 bridgehead atoms. The molecular weight excluding hydrogens is 301 g/mol. The van der Waals surface area contributed by atoms with Crippen molar-refractivity contribution in [1.29, 1.82) is 0 Å². The van der Waals surface area contributed by atoms with Crippen LogP contribution in [-0.2, 0) is 10.9 Å². The number of carbonyl (C=O) groups excluding carboxylic acids is 1. The normalized spacial score (nSPS) is 15.3. The number of pyridine rings is 1. The third-order valence-electron chi connectivity index (χ3n) is 3.46. The van der Waals surface area contributed by atoms with E-state index in [2.05, 4.69) is 10.3 Å². The maximum absolute atomic E-state index is 12.8. The fourth-order valence-corrected chi connectivity index (χ4v) is 2.04. The third-order valence-corrected chi connectivity index (χ3v) is 3.46. The molecule has 0 amide bonds. The summed E-state index contributed by atoms with van der Waals surface area (Å²) in [5.74, 6) is -0.894. The van der Waals surface area contributed by atoms with Crippen LogP contribution in [0.5, 0.6) is 0 Å². The van der Waals surface area contributed by atoms with Crippen LogP contribution >= 0.6 is 0 Å². The predicted molar refractivity (Wildman–Crippen MR) is 73.9 cm³/mol. The van der Waals surface area contributed by atoms with E-state index in [1.54, 1.807) is 6.92 Å². The fourth-order valence-electron chi connectivity index (χ4n) is 2.04. The molecular formula is C14H17F3N2O3. The second kappa shape index (κ2) is 6.41. The minimum absolute atomic E-state index is 0.0104. The van der Waals surface area contributed by atoms with E-state index in [9.17, 15) is 22.8 Å². The smallest absolute Gasteiger partial charge is 0.421 e. The van der Waals surface area contributed by atoms with Crippen LogP contribution < -0.4 is 10.9 Å². The van der Waals surface area contributed by atoms with Gasteiger partial charge in [-0.25, -0.2) is 4.79 Å². The van der Waals surface area contributed by atoms with Gasteiger partial charge >= 0.3 is 12.1 Å². The lowest BCUT2D eigenvalue weighted by Gasteiger charge is -2.28. The molecule has 0 atom stereocenters. The third kappa shape index (κ3) is 3.61. The van der Waals surface area contributed by atoms with Crippen molar-refractivity contribution >= 4 is 11.8 Å². The minimum atomic E-state index is -4.83. The number of halogens is 3. The highest BCUT2D eigenvalue weighted by molar-refractivity contribution is 5.94. The van der Waals surface area contributed by atoms with Crippen molar-refractivity contribution < 1.29 is 22.7 Å². The van der Waals surface area contributed by atoms with Gasteiger partial charge < -0.3 is 15.0 Å². The number of H-pyrrole nitrogens is 1. The van der Waals surface area contributed by atoms with E-state index < -0.39 is 23.3 Å². The summed E-state index contributed by atoms with van der Waals surface area (Å²) in [6, 6.07) is 0.600. The number of hydrogen-bond donors (Lipinski definition) is 2. The Kier molecular flexibility index (Phi) is 4.77. The van der Waals surface area contributed by atoms with E-state index in [0.29, 0.717) is 12.5 Å². The lowest BCUT2D eigenvalue weighted by Crippen LogP contribution is -2.31. The van der Waals surface area contributed by atoms with Gasteiger partial charge in [-0.15, -0.1) is 0 Å². The molecule has 5 nitrogen and oxygen atoms in total. The first kappa shape index (κ1) is 16.4. The van der Waals surface area contributed by atoms with E-state index in [1.807, 2.05) is 0 Å². The van der Waals surface area contributed by atoms with Gasteiger partial charge in [-0.2, -0.15) is 13.2 Å². The molecule has 0 aliphatic heterocycles. The first-order valence-electron chi connectivity index (χ1n) is 7.11. The molecule has 1 aliphatic carbocycles. The van der Waals surface area contributed by atoms with Crippen LogP contribution in [0.2, 0.25) is 0 Å². The number of hydrogen-bond acceptors (Lipinski definition) is 4. The molecule has 1 saturated carbocycles. The molecule has 2 N–H and O–H groups in total. The Hall–Kier alpha value is -1.99. The Morgan fingerprint density at radius 1 is 1.45 bits per heavy atom. The molecule has 22 heavy (non-hydrogen) atoms. The summed E-state index contributed by atoms with van der Waals surface area (Å²) in [6.45, 7) is 1.87. The van der Waals surface area contributed by atoms with Gasteiger partial charge in [0, 0.05) is 6.04 Å². The second-order valence-corrected chi connectivity index (χ2v) is 5.21. The number of nitrogens with one attached hydrogen (secondary N) is 2. The monoisotopic (exact) mass is 318 g/mol. The van der Waals surface area contributed by atoms with Crippen LogP contribution in [0.4, 0.5) is 19.0 Å². The van der Waals surface area contributed by atoms with Crippen molar-refractivity contribution in [2.24, 2.45) is 0 Å². The summed E-state index contributed by atoms with van der Waals surface area (Å²) in [7, 11) is 0. The average Bonchev–Trinajstić information content (AvgIpc) is 2.38. The number of rotatable bonds is 5. The summed E-state index contributed by atoms with van der Waals surface area (Å²) in [6.07, 6.45) is -1.61.